The molecule has 16 heavy (non-hydrogen) atoms. The minimum atomic E-state index is 0.569. The molecular weight excluding hydrogens is 196 g/mol. The quantitative estimate of drug-likeness (QED) is 0.566. The van der Waals surface area contributed by atoms with E-state index in [1.165, 1.54) is 25.7 Å². The Hall–Kier alpha value is -0.520. The van der Waals surface area contributed by atoms with Crippen LogP contribution in [-0.2, 0) is 0 Å². The number of likely N-dealkylation sites (N-methyl/N-ethyl adjacent to an activating group) is 1. The standard InChI is InChI=1S/C14H26N2/c1-5-10-15-11-12-16(4)13-6-8-14(2,3)9-7-13/h1,13,15H,6-12H2,2-4H3. The van der Waals surface area contributed by atoms with E-state index in [-0.39, 0.29) is 0 Å². The molecular formula is C14H26N2. The van der Waals surface area contributed by atoms with Crippen molar-refractivity contribution in [1.82, 2.24) is 10.2 Å². The van der Waals surface area contributed by atoms with Gasteiger partial charge in [-0.3, -0.25) is 0 Å². The van der Waals surface area contributed by atoms with Crippen LogP contribution in [-0.4, -0.2) is 37.6 Å². The van der Waals surface area contributed by atoms with E-state index in [4.69, 9.17) is 6.42 Å². The van der Waals surface area contributed by atoms with Gasteiger partial charge < -0.3 is 10.2 Å². The third-order valence-corrected chi connectivity index (χ3v) is 3.80. The Kier molecular flexibility index (Phi) is 5.31. The summed E-state index contributed by atoms with van der Waals surface area (Å²) in [5.74, 6) is 2.60. The summed E-state index contributed by atoms with van der Waals surface area (Å²) in [7, 11) is 2.24. The van der Waals surface area contributed by atoms with Gasteiger partial charge >= 0.3 is 0 Å². The predicted molar refractivity (Wildman–Crippen MR) is 70.4 cm³/mol. The maximum Gasteiger partial charge on any atom is 0.0574 e. The SMILES string of the molecule is C#CCNCCN(C)C1CCC(C)(C)CC1. The van der Waals surface area contributed by atoms with Crippen LogP contribution < -0.4 is 5.32 Å². The molecule has 0 amide bonds. The van der Waals surface area contributed by atoms with E-state index in [1.54, 1.807) is 0 Å². The molecule has 0 radical (unpaired) electrons. The number of nitrogens with one attached hydrogen (secondary N) is 1. The van der Waals surface area contributed by atoms with Gasteiger partial charge in [-0.1, -0.05) is 19.8 Å². The molecule has 1 fully saturated rings. The van der Waals surface area contributed by atoms with Crippen molar-refractivity contribution in [2.45, 2.75) is 45.6 Å². The topological polar surface area (TPSA) is 15.3 Å². The van der Waals surface area contributed by atoms with E-state index < -0.39 is 0 Å². The van der Waals surface area contributed by atoms with Crippen LogP contribution in [0.2, 0.25) is 0 Å². The van der Waals surface area contributed by atoms with Gasteiger partial charge in [-0.2, -0.15) is 0 Å². The second kappa shape index (κ2) is 6.27. The van der Waals surface area contributed by atoms with Gasteiger partial charge in [0, 0.05) is 19.1 Å². The summed E-state index contributed by atoms with van der Waals surface area (Å²) >= 11 is 0. The molecule has 0 saturated heterocycles. The Bertz CT molecular complexity index is 230. The molecule has 0 atom stereocenters. The first kappa shape index (κ1) is 13.5. The van der Waals surface area contributed by atoms with Crippen molar-refractivity contribution in [3.05, 3.63) is 0 Å². The molecule has 0 bridgehead atoms. The fourth-order valence-corrected chi connectivity index (χ4v) is 2.42. The van der Waals surface area contributed by atoms with E-state index >= 15 is 0 Å². The Morgan fingerprint density at radius 3 is 2.56 bits per heavy atom. The van der Waals surface area contributed by atoms with Crippen molar-refractivity contribution in [2.75, 3.05) is 26.7 Å². The number of rotatable bonds is 5. The lowest BCUT2D eigenvalue weighted by atomic mass is 9.75. The fraction of sp³-hybridized carbons (Fsp3) is 0.857. The summed E-state index contributed by atoms with van der Waals surface area (Å²) in [5, 5.41) is 3.24. The van der Waals surface area contributed by atoms with Crippen molar-refractivity contribution in [3.63, 3.8) is 0 Å². The highest BCUT2D eigenvalue weighted by Gasteiger charge is 2.28. The van der Waals surface area contributed by atoms with Gasteiger partial charge in [-0.25, -0.2) is 0 Å². The average Bonchev–Trinajstić information content (AvgIpc) is 2.24. The zero-order valence-corrected chi connectivity index (χ0v) is 11.1. The Balaban J connectivity index is 2.18. The second-order valence-electron chi connectivity index (χ2n) is 5.76. The van der Waals surface area contributed by atoms with Crippen LogP contribution in [0.3, 0.4) is 0 Å². The predicted octanol–water partition coefficient (Wildman–Crippen LogP) is 2.11. The summed E-state index contributed by atoms with van der Waals surface area (Å²) in [4.78, 5) is 2.48. The molecule has 1 saturated carbocycles. The summed E-state index contributed by atoms with van der Waals surface area (Å²) in [6.45, 7) is 7.56. The number of terminal acetylenes is 1. The first-order chi connectivity index (χ1) is 7.55. The van der Waals surface area contributed by atoms with Gasteiger partial charge in [-0.05, 0) is 38.1 Å². The van der Waals surface area contributed by atoms with Crippen LogP contribution in [0.25, 0.3) is 0 Å². The molecule has 1 aliphatic carbocycles. The first-order valence-electron chi connectivity index (χ1n) is 6.39. The third-order valence-electron chi connectivity index (χ3n) is 3.80. The lowest BCUT2D eigenvalue weighted by molar-refractivity contribution is 0.128. The van der Waals surface area contributed by atoms with Gasteiger partial charge in [0.25, 0.3) is 0 Å². The van der Waals surface area contributed by atoms with Crippen molar-refractivity contribution in [2.24, 2.45) is 5.41 Å². The number of nitrogens with zero attached hydrogens (tertiary/aromatic N) is 1. The molecule has 1 aliphatic rings. The van der Waals surface area contributed by atoms with E-state index in [1.807, 2.05) is 0 Å². The molecule has 2 heteroatoms. The largest absolute Gasteiger partial charge is 0.305 e. The highest BCUT2D eigenvalue weighted by Crippen LogP contribution is 2.36. The molecule has 92 valence electrons. The van der Waals surface area contributed by atoms with Crippen molar-refractivity contribution >= 4 is 0 Å². The van der Waals surface area contributed by atoms with E-state index in [0.29, 0.717) is 12.0 Å². The molecule has 0 unspecified atom stereocenters. The molecule has 0 aromatic heterocycles. The van der Waals surface area contributed by atoms with Crippen LogP contribution >= 0.6 is 0 Å². The zero-order chi connectivity index (χ0) is 12.0. The van der Waals surface area contributed by atoms with E-state index in [0.717, 1.165) is 19.1 Å². The molecule has 1 rings (SSSR count). The molecule has 0 aliphatic heterocycles. The Morgan fingerprint density at radius 2 is 2.00 bits per heavy atom. The van der Waals surface area contributed by atoms with Crippen molar-refractivity contribution in [1.29, 1.82) is 0 Å². The molecule has 1 N–H and O–H groups in total. The summed E-state index contributed by atoms with van der Waals surface area (Å²) in [6.07, 6.45) is 10.6. The van der Waals surface area contributed by atoms with Gasteiger partial charge in [0.05, 0.1) is 6.54 Å². The minimum Gasteiger partial charge on any atom is -0.305 e. The third kappa shape index (κ3) is 4.55. The molecule has 0 aromatic rings. The molecule has 0 aromatic carbocycles. The summed E-state index contributed by atoms with van der Waals surface area (Å²) in [6, 6.07) is 0.778. The zero-order valence-electron chi connectivity index (χ0n) is 11.1. The summed E-state index contributed by atoms with van der Waals surface area (Å²) < 4.78 is 0. The Labute approximate surface area is 101 Å². The number of hydrogen-bond acceptors (Lipinski definition) is 2. The van der Waals surface area contributed by atoms with E-state index in [2.05, 4.69) is 37.0 Å². The number of hydrogen-bond donors (Lipinski definition) is 1. The smallest absolute Gasteiger partial charge is 0.0574 e. The van der Waals surface area contributed by atoms with Crippen LogP contribution in [0.5, 0.6) is 0 Å². The van der Waals surface area contributed by atoms with Crippen molar-refractivity contribution < 1.29 is 0 Å². The maximum absolute atomic E-state index is 5.19. The maximum atomic E-state index is 5.19. The normalized spacial score (nSPS) is 20.9. The van der Waals surface area contributed by atoms with Crippen LogP contribution in [0.15, 0.2) is 0 Å². The van der Waals surface area contributed by atoms with Gasteiger partial charge in [-0.15, -0.1) is 6.42 Å². The van der Waals surface area contributed by atoms with Gasteiger partial charge in [0.15, 0.2) is 0 Å². The average molecular weight is 222 g/mol. The minimum absolute atomic E-state index is 0.569. The van der Waals surface area contributed by atoms with Crippen LogP contribution in [0, 0.1) is 17.8 Å². The van der Waals surface area contributed by atoms with Crippen molar-refractivity contribution in [3.8, 4) is 12.3 Å². The van der Waals surface area contributed by atoms with Crippen LogP contribution in [0.1, 0.15) is 39.5 Å². The Morgan fingerprint density at radius 1 is 1.38 bits per heavy atom. The highest BCUT2D eigenvalue weighted by atomic mass is 15.1. The second-order valence-corrected chi connectivity index (χ2v) is 5.76. The lowest BCUT2D eigenvalue weighted by Gasteiger charge is -2.38. The van der Waals surface area contributed by atoms with Gasteiger partial charge in [0.2, 0.25) is 0 Å². The molecule has 2 nitrogen and oxygen atoms in total. The highest BCUT2D eigenvalue weighted by molar-refractivity contribution is 4.87. The molecule has 0 spiro atoms. The molecule has 0 heterocycles. The van der Waals surface area contributed by atoms with E-state index in [9.17, 15) is 0 Å². The van der Waals surface area contributed by atoms with Gasteiger partial charge in [0.1, 0.15) is 0 Å². The lowest BCUT2D eigenvalue weighted by Crippen LogP contribution is -2.40. The first-order valence-corrected chi connectivity index (χ1v) is 6.39. The fourth-order valence-electron chi connectivity index (χ4n) is 2.42. The summed E-state index contributed by atoms with van der Waals surface area (Å²) in [5.41, 5.74) is 0.569. The van der Waals surface area contributed by atoms with Crippen LogP contribution in [0.4, 0.5) is 0 Å². The monoisotopic (exact) mass is 222 g/mol.